The molecule has 0 aliphatic carbocycles. The van der Waals surface area contributed by atoms with E-state index < -0.39 is 23.7 Å². The Hall–Kier alpha value is -3.67. The number of aliphatic hydroxyl groups excluding tert-OH is 1. The molecule has 1 aliphatic rings. The predicted molar refractivity (Wildman–Crippen MR) is 161 cm³/mol. The van der Waals surface area contributed by atoms with E-state index in [4.69, 9.17) is 6.42 Å². The Morgan fingerprint density at radius 1 is 1.10 bits per heavy atom. The topological polar surface area (TPSA) is 111 Å². The maximum absolute atomic E-state index is 14.1. The van der Waals surface area contributed by atoms with E-state index in [2.05, 4.69) is 21.9 Å². The van der Waals surface area contributed by atoms with Crippen molar-refractivity contribution in [3.63, 3.8) is 0 Å². The van der Waals surface area contributed by atoms with Gasteiger partial charge in [-0.15, -0.1) is 6.42 Å². The normalized spacial score (nSPS) is 19.6. The number of nitrogens with one attached hydrogen (secondary N) is 3. The third-order valence-corrected chi connectivity index (χ3v) is 8.14. The van der Waals surface area contributed by atoms with Crippen LogP contribution in [-0.2, 0) is 27.2 Å². The average Bonchev–Trinajstić information content (AvgIpc) is 3.29. The van der Waals surface area contributed by atoms with E-state index in [-0.39, 0.29) is 30.2 Å². The maximum atomic E-state index is 14.1. The fourth-order valence-corrected chi connectivity index (χ4v) is 5.66. The molecule has 2 aromatic rings. The van der Waals surface area contributed by atoms with E-state index in [1.54, 1.807) is 4.90 Å². The van der Waals surface area contributed by atoms with Crippen LogP contribution >= 0.6 is 0 Å². The second-order valence-corrected chi connectivity index (χ2v) is 11.0. The van der Waals surface area contributed by atoms with Gasteiger partial charge in [0, 0.05) is 20.0 Å². The number of nitrogens with zero attached hydrogens (tertiary/aromatic N) is 1. The Morgan fingerprint density at radius 2 is 1.73 bits per heavy atom. The molecule has 0 saturated carbocycles. The minimum Gasteiger partial charge on any atom is -0.390 e. The van der Waals surface area contributed by atoms with Crippen LogP contribution in [0, 0.1) is 18.3 Å². The van der Waals surface area contributed by atoms with E-state index >= 15 is 0 Å². The first-order valence-corrected chi connectivity index (χ1v) is 14.5. The molecule has 1 unspecified atom stereocenters. The molecule has 5 atom stereocenters. The van der Waals surface area contributed by atoms with Gasteiger partial charge >= 0.3 is 0 Å². The van der Waals surface area contributed by atoms with E-state index in [0.717, 1.165) is 11.1 Å². The molecule has 3 amide bonds. The molecule has 8 heteroatoms. The van der Waals surface area contributed by atoms with Gasteiger partial charge in [-0.1, -0.05) is 86.9 Å². The Morgan fingerprint density at radius 3 is 2.32 bits per heavy atom. The maximum Gasteiger partial charge on any atom is 0.249 e. The number of benzene rings is 2. The van der Waals surface area contributed by atoms with Crippen LogP contribution in [0.3, 0.4) is 0 Å². The predicted octanol–water partition coefficient (Wildman–Crippen LogP) is 2.45. The number of aryl methyl sites for hydroxylation is 1. The van der Waals surface area contributed by atoms with E-state index in [0.29, 0.717) is 45.2 Å². The molecule has 220 valence electrons. The highest BCUT2D eigenvalue weighted by Crippen LogP contribution is 2.34. The second-order valence-electron chi connectivity index (χ2n) is 11.0. The van der Waals surface area contributed by atoms with Gasteiger partial charge in [-0.3, -0.25) is 14.4 Å². The third kappa shape index (κ3) is 8.42. The van der Waals surface area contributed by atoms with Crippen molar-refractivity contribution in [3.8, 4) is 12.3 Å². The highest BCUT2D eigenvalue weighted by Gasteiger charge is 2.53. The van der Waals surface area contributed by atoms with Gasteiger partial charge in [0.05, 0.1) is 18.7 Å². The molecule has 1 saturated heterocycles. The number of carbonyl (C=O) groups is 3. The summed E-state index contributed by atoms with van der Waals surface area (Å²) in [6.07, 6.45) is 6.99. The number of hydrogen-bond donors (Lipinski definition) is 4. The van der Waals surface area contributed by atoms with Crippen molar-refractivity contribution in [2.24, 2.45) is 5.92 Å². The van der Waals surface area contributed by atoms with E-state index in [9.17, 15) is 19.5 Å². The summed E-state index contributed by atoms with van der Waals surface area (Å²) in [6, 6.07) is 18.1. The molecule has 0 aromatic heterocycles. The average molecular weight is 561 g/mol. The third-order valence-electron chi connectivity index (χ3n) is 8.14. The molecule has 41 heavy (non-hydrogen) atoms. The summed E-state index contributed by atoms with van der Waals surface area (Å²) >= 11 is 0. The molecule has 8 nitrogen and oxygen atoms in total. The van der Waals surface area contributed by atoms with Crippen LogP contribution in [0.2, 0.25) is 0 Å². The van der Waals surface area contributed by atoms with Crippen molar-refractivity contribution < 1.29 is 19.5 Å². The highest BCUT2D eigenvalue weighted by molar-refractivity contribution is 5.96. The molecule has 2 aromatic carbocycles. The van der Waals surface area contributed by atoms with Gasteiger partial charge in [0.15, 0.2) is 0 Å². The van der Waals surface area contributed by atoms with Crippen molar-refractivity contribution in [2.75, 3.05) is 19.6 Å². The molecule has 1 heterocycles. The second kappa shape index (κ2) is 15.4. The fraction of sp³-hybridized carbons (Fsp3) is 0.485. The summed E-state index contributed by atoms with van der Waals surface area (Å²) in [5, 5.41) is 20.1. The standard InChI is InChI=1S/C33H44N4O4/c1-5-20-34-23-30(39)28(22-27-15-11-8-12-16-27)35-31(40)29(18-17-26-13-9-7-10-14-26)37-21-19-33(32(37)41,24(3)6-2)36-25(4)38/h1,7-16,24,28-30,34,39H,6,17-23H2,2-4H3,(H,35,40)(H,36,38)/t24?,28-,29-,30+,33-/m0/s1. The lowest BCUT2D eigenvalue weighted by Gasteiger charge is -2.36. The molecular formula is C33H44N4O4. The first-order valence-electron chi connectivity index (χ1n) is 14.5. The zero-order chi connectivity index (χ0) is 29.8. The van der Waals surface area contributed by atoms with Gasteiger partial charge in [-0.2, -0.15) is 0 Å². The molecule has 0 radical (unpaired) electrons. The van der Waals surface area contributed by atoms with Crippen molar-refractivity contribution in [2.45, 2.75) is 76.6 Å². The quantitative estimate of drug-likeness (QED) is 0.198. The van der Waals surface area contributed by atoms with Crippen molar-refractivity contribution in [3.05, 3.63) is 71.8 Å². The molecule has 0 spiro atoms. The van der Waals surface area contributed by atoms with Crippen molar-refractivity contribution in [1.82, 2.24) is 20.9 Å². The number of terminal acetylenes is 1. The summed E-state index contributed by atoms with van der Waals surface area (Å²) in [5.74, 6) is 1.57. The minimum absolute atomic E-state index is 0.100. The van der Waals surface area contributed by atoms with E-state index in [1.165, 1.54) is 6.92 Å². The Kier molecular flexibility index (Phi) is 11.9. The van der Waals surface area contributed by atoms with Gasteiger partial charge < -0.3 is 26.0 Å². The van der Waals surface area contributed by atoms with Crippen LogP contribution in [0.4, 0.5) is 0 Å². The minimum atomic E-state index is -1.05. The number of aliphatic hydroxyl groups is 1. The molecule has 4 N–H and O–H groups in total. The Balaban J connectivity index is 1.89. The van der Waals surface area contributed by atoms with Crippen LogP contribution in [0.5, 0.6) is 0 Å². The fourth-order valence-electron chi connectivity index (χ4n) is 5.66. The van der Waals surface area contributed by atoms with Crippen LogP contribution in [0.1, 0.15) is 51.2 Å². The van der Waals surface area contributed by atoms with Crippen LogP contribution < -0.4 is 16.0 Å². The molecule has 1 fully saturated rings. The summed E-state index contributed by atoms with van der Waals surface area (Å²) in [6.45, 7) is 6.24. The number of rotatable bonds is 15. The summed E-state index contributed by atoms with van der Waals surface area (Å²) in [5.41, 5.74) is 0.980. The number of likely N-dealkylation sites (tertiary alicyclic amines) is 1. The van der Waals surface area contributed by atoms with Crippen LogP contribution in [-0.4, -0.2) is 71.1 Å². The lowest BCUT2D eigenvalue weighted by Crippen LogP contribution is -2.60. The summed E-state index contributed by atoms with van der Waals surface area (Å²) in [4.78, 5) is 41.9. The van der Waals surface area contributed by atoms with Crippen molar-refractivity contribution >= 4 is 17.7 Å². The zero-order valence-electron chi connectivity index (χ0n) is 24.4. The summed E-state index contributed by atoms with van der Waals surface area (Å²) in [7, 11) is 0. The highest BCUT2D eigenvalue weighted by atomic mass is 16.3. The van der Waals surface area contributed by atoms with Gasteiger partial charge in [0.1, 0.15) is 11.6 Å². The zero-order valence-corrected chi connectivity index (χ0v) is 24.4. The molecule has 0 bridgehead atoms. The number of carbonyl (C=O) groups excluding carboxylic acids is 3. The van der Waals surface area contributed by atoms with Gasteiger partial charge in [0.25, 0.3) is 0 Å². The number of hydrogen-bond acceptors (Lipinski definition) is 5. The van der Waals surface area contributed by atoms with Gasteiger partial charge in [-0.25, -0.2) is 0 Å². The van der Waals surface area contributed by atoms with Gasteiger partial charge in [-0.05, 0) is 42.7 Å². The largest absolute Gasteiger partial charge is 0.390 e. The first kappa shape index (κ1) is 31.9. The molecule has 1 aliphatic heterocycles. The first-order chi connectivity index (χ1) is 19.7. The van der Waals surface area contributed by atoms with Gasteiger partial charge in [0.2, 0.25) is 17.7 Å². The number of amides is 3. The van der Waals surface area contributed by atoms with E-state index in [1.807, 2.05) is 74.5 Å². The molecular weight excluding hydrogens is 516 g/mol. The Labute approximate surface area is 244 Å². The Bertz CT molecular complexity index is 1180. The van der Waals surface area contributed by atoms with Crippen LogP contribution in [0.15, 0.2) is 60.7 Å². The van der Waals surface area contributed by atoms with Crippen molar-refractivity contribution in [1.29, 1.82) is 0 Å². The smallest absolute Gasteiger partial charge is 0.249 e. The SMILES string of the molecule is C#CCNC[C@@H](O)[C@H](Cc1ccccc1)NC(=O)[C@H](CCc1ccccc1)N1CC[C@](NC(C)=O)(C(C)CC)C1=O. The summed E-state index contributed by atoms with van der Waals surface area (Å²) < 4.78 is 0. The molecule has 3 rings (SSSR count). The van der Waals surface area contributed by atoms with Crippen LogP contribution in [0.25, 0.3) is 0 Å². The lowest BCUT2D eigenvalue weighted by molar-refractivity contribution is -0.144. The monoisotopic (exact) mass is 560 g/mol. The lowest BCUT2D eigenvalue weighted by atomic mass is 9.81.